The number of carboxylic acid groups (broad SMARTS) is 1. The summed E-state index contributed by atoms with van der Waals surface area (Å²) in [5.74, 6) is -0.554. The van der Waals surface area contributed by atoms with E-state index in [-0.39, 0.29) is 5.56 Å². The van der Waals surface area contributed by atoms with Crippen LogP contribution in [0.25, 0.3) is 21.9 Å². The predicted molar refractivity (Wildman–Crippen MR) is 67.2 cm³/mol. The molecule has 1 heterocycles. The molecule has 1 aromatic heterocycles. The molecule has 0 fully saturated rings. The average molecular weight is 242 g/mol. The summed E-state index contributed by atoms with van der Waals surface area (Å²) in [5.41, 5.74) is 1.47. The molecule has 0 aliphatic rings. The van der Waals surface area contributed by atoms with Gasteiger partial charge in [-0.25, -0.2) is 4.79 Å². The minimum atomic E-state index is -0.986. The Kier molecular flexibility index (Phi) is 2.23. The van der Waals surface area contributed by atoms with E-state index in [0.29, 0.717) is 16.9 Å². The maximum Gasteiger partial charge on any atom is 0.335 e. The second-order valence-electron chi connectivity index (χ2n) is 3.96. The van der Waals surface area contributed by atoms with E-state index in [4.69, 9.17) is 14.3 Å². The number of para-hydroxylation sites is 1. The predicted octanol–water partition coefficient (Wildman–Crippen LogP) is 3.29. The van der Waals surface area contributed by atoms with Gasteiger partial charge in [-0.1, -0.05) is 18.2 Å². The highest BCUT2D eigenvalue weighted by atomic mass is 16.5. The van der Waals surface area contributed by atoms with Crippen LogP contribution < -0.4 is 4.74 Å². The van der Waals surface area contributed by atoms with Gasteiger partial charge in [0, 0.05) is 10.8 Å². The molecule has 18 heavy (non-hydrogen) atoms. The van der Waals surface area contributed by atoms with Gasteiger partial charge in [-0.05, 0) is 18.2 Å². The molecule has 0 amide bonds. The van der Waals surface area contributed by atoms with Crippen LogP contribution in [0, 0.1) is 0 Å². The van der Waals surface area contributed by atoms with Crippen LogP contribution >= 0.6 is 0 Å². The van der Waals surface area contributed by atoms with E-state index in [1.54, 1.807) is 6.07 Å². The van der Waals surface area contributed by atoms with Crippen LogP contribution in [-0.2, 0) is 0 Å². The molecule has 0 spiro atoms. The molecule has 90 valence electrons. The first-order chi connectivity index (χ1) is 8.70. The van der Waals surface area contributed by atoms with Crippen molar-refractivity contribution >= 4 is 27.9 Å². The minimum absolute atomic E-state index is 0.186. The maximum absolute atomic E-state index is 11.1. The highest BCUT2D eigenvalue weighted by Gasteiger charge is 2.15. The zero-order valence-electron chi connectivity index (χ0n) is 9.64. The fourth-order valence-electron chi connectivity index (χ4n) is 2.07. The van der Waals surface area contributed by atoms with Crippen molar-refractivity contribution in [3.63, 3.8) is 0 Å². The first kappa shape index (κ1) is 10.7. The number of hydrogen-bond donors (Lipinski definition) is 1. The van der Waals surface area contributed by atoms with Gasteiger partial charge in [0.15, 0.2) is 11.3 Å². The number of benzene rings is 2. The molecule has 0 aliphatic carbocycles. The summed E-state index contributed by atoms with van der Waals surface area (Å²) in [6.07, 6.45) is 0. The van der Waals surface area contributed by atoms with E-state index in [0.717, 1.165) is 10.8 Å². The number of rotatable bonds is 2. The molecule has 3 rings (SSSR count). The van der Waals surface area contributed by atoms with Crippen molar-refractivity contribution < 1.29 is 19.1 Å². The van der Waals surface area contributed by atoms with Gasteiger partial charge in [-0.3, -0.25) is 0 Å². The Morgan fingerprint density at radius 1 is 1.22 bits per heavy atom. The Morgan fingerprint density at radius 3 is 2.72 bits per heavy atom. The first-order valence-corrected chi connectivity index (χ1v) is 5.43. The molecular weight excluding hydrogens is 232 g/mol. The number of aromatic carboxylic acids is 1. The zero-order valence-corrected chi connectivity index (χ0v) is 9.64. The molecule has 0 saturated heterocycles. The lowest BCUT2D eigenvalue weighted by atomic mass is 10.1. The third-order valence-corrected chi connectivity index (χ3v) is 2.91. The summed E-state index contributed by atoms with van der Waals surface area (Å²) >= 11 is 0. The smallest absolute Gasteiger partial charge is 0.335 e. The van der Waals surface area contributed by atoms with Crippen LogP contribution in [0.2, 0.25) is 0 Å². The maximum atomic E-state index is 11.1. The number of furan rings is 1. The highest BCUT2D eigenvalue weighted by molar-refractivity contribution is 6.09. The van der Waals surface area contributed by atoms with Gasteiger partial charge in [0.25, 0.3) is 0 Å². The van der Waals surface area contributed by atoms with E-state index in [9.17, 15) is 4.79 Å². The Morgan fingerprint density at radius 2 is 2.00 bits per heavy atom. The summed E-state index contributed by atoms with van der Waals surface area (Å²) in [5, 5.41) is 10.7. The van der Waals surface area contributed by atoms with Gasteiger partial charge in [-0.2, -0.15) is 0 Å². The Balaban J connectivity index is 2.48. The molecular formula is C14H10O4. The summed E-state index contributed by atoms with van der Waals surface area (Å²) in [7, 11) is 1.49. The normalized spacial score (nSPS) is 10.9. The van der Waals surface area contributed by atoms with Crippen molar-refractivity contribution in [1.29, 1.82) is 0 Å². The largest absolute Gasteiger partial charge is 0.493 e. The minimum Gasteiger partial charge on any atom is -0.493 e. The molecule has 0 saturated carbocycles. The van der Waals surface area contributed by atoms with E-state index >= 15 is 0 Å². The number of hydrogen-bond acceptors (Lipinski definition) is 3. The van der Waals surface area contributed by atoms with Crippen LogP contribution in [0.1, 0.15) is 10.4 Å². The number of fused-ring (bicyclic) bond motifs is 3. The van der Waals surface area contributed by atoms with Crippen LogP contribution in [0.4, 0.5) is 0 Å². The Bertz CT molecular complexity index is 755. The number of carboxylic acids is 1. The van der Waals surface area contributed by atoms with Crippen molar-refractivity contribution in [1.82, 2.24) is 0 Å². The van der Waals surface area contributed by atoms with Crippen LogP contribution in [0.3, 0.4) is 0 Å². The zero-order chi connectivity index (χ0) is 12.7. The lowest BCUT2D eigenvalue weighted by molar-refractivity contribution is 0.0696. The van der Waals surface area contributed by atoms with Crippen molar-refractivity contribution in [2.75, 3.05) is 7.11 Å². The van der Waals surface area contributed by atoms with Gasteiger partial charge < -0.3 is 14.3 Å². The molecule has 1 N–H and O–H groups in total. The van der Waals surface area contributed by atoms with Gasteiger partial charge in [0.2, 0.25) is 0 Å². The standard InChI is InChI=1S/C14H10O4/c1-17-12-7-8(14(15)16)6-10-9-4-2-3-5-11(9)18-13(10)12/h2-7H,1H3,(H,15,16). The molecule has 2 aromatic carbocycles. The number of methoxy groups -OCH3 is 1. The average Bonchev–Trinajstić information content (AvgIpc) is 2.76. The first-order valence-electron chi connectivity index (χ1n) is 5.43. The third-order valence-electron chi connectivity index (χ3n) is 2.91. The molecule has 4 heteroatoms. The van der Waals surface area contributed by atoms with Crippen LogP contribution in [0.15, 0.2) is 40.8 Å². The fraction of sp³-hybridized carbons (Fsp3) is 0.0714. The topological polar surface area (TPSA) is 59.7 Å². The van der Waals surface area contributed by atoms with Crippen LogP contribution in [-0.4, -0.2) is 18.2 Å². The van der Waals surface area contributed by atoms with Gasteiger partial charge in [0.05, 0.1) is 12.7 Å². The molecule has 4 nitrogen and oxygen atoms in total. The molecule has 0 radical (unpaired) electrons. The number of carbonyl (C=O) groups is 1. The summed E-state index contributed by atoms with van der Waals surface area (Å²) in [4.78, 5) is 11.1. The van der Waals surface area contributed by atoms with Crippen LogP contribution in [0.5, 0.6) is 5.75 Å². The quantitative estimate of drug-likeness (QED) is 0.749. The van der Waals surface area contributed by atoms with Gasteiger partial charge in [0.1, 0.15) is 5.58 Å². The fourth-order valence-corrected chi connectivity index (χ4v) is 2.07. The van der Waals surface area contributed by atoms with Crippen molar-refractivity contribution in [3.05, 3.63) is 42.0 Å². The molecule has 3 aromatic rings. The highest BCUT2D eigenvalue weighted by Crippen LogP contribution is 2.35. The lowest BCUT2D eigenvalue weighted by Gasteiger charge is -2.02. The van der Waals surface area contributed by atoms with Gasteiger partial charge in [-0.15, -0.1) is 0 Å². The second-order valence-corrected chi connectivity index (χ2v) is 3.96. The summed E-state index contributed by atoms with van der Waals surface area (Å²) in [6.45, 7) is 0. The van der Waals surface area contributed by atoms with Gasteiger partial charge >= 0.3 is 5.97 Å². The van der Waals surface area contributed by atoms with E-state index in [1.807, 2.05) is 24.3 Å². The SMILES string of the molecule is COc1cc(C(=O)O)cc2c1oc1ccccc12. The lowest BCUT2D eigenvalue weighted by Crippen LogP contribution is -1.96. The monoisotopic (exact) mass is 242 g/mol. The summed E-state index contributed by atoms with van der Waals surface area (Å²) < 4.78 is 10.9. The number of ether oxygens (including phenoxy) is 1. The van der Waals surface area contributed by atoms with Crippen molar-refractivity contribution in [2.24, 2.45) is 0 Å². The van der Waals surface area contributed by atoms with Crippen molar-refractivity contribution in [2.45, 2.75) is 0 Å². The third kappa shape index (κ3) is 1.43. The van der Waals surface area contributed by atoms with Crippen molar-refractivity contribution in [3.8, 4) is 5.75 Å². The second kappa shape index (κ2) is 3.77. The molecule has 0 bridgehead atoms. The Hall–Kier alpha value is -2.49. The van der Waals surface area contributed by atoms with E-state index in [2.05, 4.69) is 0 Å². The molecule has 0 unspecified atom stereocenters. The summed E-state index contributed by atoms with van der Waals surface area (Å²) in [6, 6.07) is 10.6. The molecule has 0 atom stereocenters. The van der Waals surface area contributed by atoms with E-state index in [1.165, 1.54) is 13.2 Å². The Labute approximate surface area is 102 Å². The van der Waals surface area contributed by atoms with E-state index < -0.39 is 5.97 Å². The molecule has 0 aliphatic heterocycles.